The number of carboxylic acid groups (broad SMARTS) is 1. The molecule has 43 heavy (non-hydrogen) atoms. The van der Waals surface area contributed by atoms with Crippen LogP contribution in [0.1, 0.15) is 59.9 Å². The normalized spacial score (nSPS) is 10.4. The molecule has 3 aromatic carbocycles. The van der Waals surface area contributed by atoms with Crippen LogP contribution in [0, 0.1) is 24.6 Å². The Morgan fingerprint density at radius 3 is 2.26 bits per heavy atom. The van der Waals surface area contributed by atoms with Crippen molar-refractivity contribution in [1.82, 2.24) is 4.98 Å². The van der Waals surface area contributed by atoms with E-state index in [0.29, 0.717) is 22.5 Å². The number of thiazole rings is 1. The van der Waals surface area contributed by atoms with Gasteiger partial charge in [-0.2, -0.15) is 0 Å². The fourth-order valence-electron chi connectivity index (χ4n) is 3.48. The summed E-state index contributed by atoms with van der Waals surface area (Å²) in [6, 6.07) is 19.3. The molecule has 0 atom stereocenters. The van der Waals surface area contributed by atoms with Crippen molar-refractivity contribution in [3.63, 3.8) is 0 Å². The number of carboxylic acids is 1. The van der Waals surface area contributed by atoms with Crippen LogP contribution in [-0.4, -0.2) is 33.7 Å². The predicted molar refractivity (Wildman–Crippen MR) is 165 cm³/mol. The highest BCUT2D eigenvalue weighted by atomic mass is 32.1. The van der Waals surface area contributed by atoms with E-state index in [4.69, 9.17) is 15.6 Å². The molecule has 222 valence electrons. The van der Waals surface area contributed by atoms with Gasteiger partial charge < -0.3 is 15.6 Å². The number of nitrogens with zero attached hydrogens (tertiary/aromatic N) is 1. The van der Waals surface area contributed by atoms with E-state index >= 15 is 0 Å². The molecule has 0 spiro atoms. The highest BCUT2D eigenvalue weighted by Gasteiger charge is 2.16. The first-order chi connectivity index (χ1) is 20.3. The van der Waals surface area contributed by atoms with E-state index < -0.39 is 29.4 Å². The van der Waals surface area contributed by atoms with Crippen LogP contribution in [0.4, 0.5) is 14.9 Å². The number of benzene rings is 3. The van der Waals surface area contributed by atoms with E-state index in [1.54, 1.807) is 56.5 Å². The number of nitrogens with one attached hydrogen (secondary N) is 1. The number of primary amides is 1. The van der Waals surface area contributed by atoms with Crippen molar-refractivity contribution in [2.75, 3.05) is 5.32 Å². The molecule has 0 aliphatic rings. The third kappa shape index (κ3) is 11.1. The van der Waals surface area contributed by atoms with E-state index in [0.717, 1.165) is 10.6 Å². The summed E-state index contributed by atoms with van der Waals surface area (Å²) in [5.41, 5.74) is 9.16. The van der Waals surface area contributed by atoms with Gasteiger partial charge in [0.25, 0.3) is 5.91 Å². The van der Waals surface area contributed by atoms with Gasteiger partial charge >= 0.3 is 12.1 Å². The van der Waals surface area contributed by atoms with Crippen LogP contribution in [0.2, 0.25) is 0 Å². The van der Waals surface area contributed by atoms with Gasteiger partial charge in [-0.1, -0.05) is 47.7 Å². The predicted octanol–water partition coefficient (Wildman–Crippen LogP) is 6.81. The number of anilines is 1. The van der Waals surface area contributed by atoms with Gasteiger partial charge in [-0.3, -0.25) is 14.9 Å². The minimum atomic E-state index is -0.922. The molecule has 4 aromatic rings. The van der Waals surface area contributed by atoms with Crippen LogP contribution >= 0.6 is 11.3 Å². The number of halogens is 1. The number of nitrogens with two attached hydrogens (primary N) is 1. The monoisotopic (exact) mass is 601 g/mol. The lowest BCUT2D eigenvalue weighted by Crippen LogP contribution is -2.27. The Morgan fingerprint density at radius 1 is 1.02 bits per heavy atom. The van der Waals surface area contributed by atoms with Crippen molar-refractivity contribution in [1.29, 1.82) is 0 Å². The molecule has 0 saturated carbocycles. The van der Waals surface area contributed by atoms with E-state index in [9.17, 15) is 18.8 Å². The number of aryl methyl sites for hydroxylation is 2. The number of carbonyl (C=O) groups excluding carboxylic acids is 2. The number of ether oxygens (including phenoxy) is 1. The SMILES string of the molecule is CC(C)(C)OC(=O)Nc1ccc(C#Cc2ccc(CCC(=O)O)cc2F)cc1.Cc1ccc(-c2nc(C(N)=O)cs2)cc1. The molecular weight excluding hydrogens is 569 g/mol. The lowest BCUT2D eigenvalue weighted by molar-refractivity contribution is -0.136. The van der Waals surface area contributed by atoms with Crippen molar-refractivity contribution < 1.29 is 28.6 Å². The molecule has 2 amide bonds. The van der Waals surface area contributed by atoms with E-state index in [1.165, 1.54) is 29.0 Å². The molecule has 1 aromatic heterocycles. The molecule has 4 N–H and O–H groups in total. The van der Waals surface area contributed by atoms with Crippen LogP contribution < -0.4 is 11.1 Å². The molecule has 0 bridgehead atoms. The Hall–Kier alpha value is -5.01. The van der Waals surface area contributed by atoms with Crippen LogP contribution in [0.15, 0.2) is 72.1 Å². The molecule has 0 aliphatic carbocycles. The summed E-state index contributed by atoms with van der Waals surface area (Å²) < 4.78 is 19.3. The van der Waals surface area contributed by atoms with Crippen LogP contribution in [0.25, 0.3) is 10.6 Å². The summed E-state index contributed by atoms with van der Waals surface area (Å²) in [5, 5.41) is 13.8. The minimum absolute atomic E-state index is 0.0475. The second kappa shape index (κ2) is 14.8. The van der Waals surface area contributed by atoms with E-state index in [-0.39, 0.29) is 18.4 Å². The number of amides is 2. The van der Waals surface area contributed by atoms with Gasteiger partial charge in [0.05, 0.1) is 5.56 Å². The van der Waals surface area contributed by atoms with E-state index in [1.807, 2.05) is 31.2 Å². The zero-order chi connectivity index (χ0) is 31.6. The number of rotatable bonds is 6. The summed E-state index contributed by atoms with van der Waals surface area (Å²) in [5.74, 6) is 3.73. The van der Waals surface area contributed by atoms with Gasteiger partial charge in [0.1, 0.15) is 22.1 Å². The fraction of sp³-hybridized carbons (Fsp3) is 0.212. The highest BCUT2D eigenvalue weighted by Crippen LogP contribution is 2.23. The largest absolute Gasteiger partial charge is 0.481 e. The first kappa shape index (κ1) is 32.5. The molecule has 0 fully saturated rings. The lowest BCUT2D eigenvalue weighted by Gasteiger charge is -2.19. The zero-order valence-electron chi connectivity index (χ0n) is 24.2. The summed E-state index contributed by atoms with van der Waals surface area (Å²) >= 11 is 1.42. The molecule has 4 rings (SSSR count). The smallest absolute Gasteiger partial charge is 0.412 e. The quantitative estimate of drug-likeness (QED) is 0.208. The Balaban J connectivity index is 0.000000282. The van der Waals surface area contributed by atoms with Crippen LogP contribution in [-0.2, 0) is 16.0 Å². The number of aromatic nitrogens is 1. The van der Waals surface area contributed by atoms with Gasteiger partial charge in [0.2, 0.25) is 0 Å². The molecule has 0 unspecified atom stereocenters. The van der Waals surface area contributed by atoms with Gasteiger partial charge in [0.15, 0.2) is 0 Å². The van der Waals surface area contributed by atoms with E-state index in [2.05, 4.69) is 22.1 Å². The maximum atomic E-state index is 14.1. The molecule has 8 nitrogen and oxygen atoms in total. The Labute approximate surface area is 253 Å². The van der Waals surface area contributed by atoms with Gasteiger partial charge in [0, 0.05) is 28.6 Å². The average molecular weight is 602 g/mol. The summed E-state index contributed by atoms with van der Waals surface area (Å²) in [6.45, 7) is 7.37. The topological polar surface area (TPSA) is 132 Å². The molecule has 0 aliphatic heterocycles. The first-order valence-electron chi connectivity index (χ1n) is 13.2. The summed E-state index contributed by atoms with van der Waals surface area (Å²) in [6.07, 6.45) is -0.323. The second-order valence-electron chi connectivity index (χ2n) is 10.4. The third-order valence-electron chi connectivity index (χ3n) is 5.59. The molecule has 10 heteroatoms. The van der Waals surface area contributed by atoms with Crippen molar-refractivity contribution in [3.05, 3.63) is 106 Å². The summed E-state index contributed by atoms with van der Waals surface area (Å²) in [7, 11) is 0. The number of carbonyl (C=O) groups is 3. The first-order valence-corrected chi connectivity index (χ1v) is 14.1. The number of hydrogen-bond acceptors (Lipinski definition) is 6. The number of aliphatic carboxylic acids is 1. The van der Waals surface area contributed by atoms with Gasteiger partial charge in [-0.05, 0) is 76.1 Å². The standard InChI is InChI=1S/C22H22FNO4.C11H10N2OS/c1-22(2,3)28-21(27)24-18-11-6-15(7-12-18)4-9-17-10-5-16(14-19(17)23)8-13-20(25)26;1-7-2-4-8(5-3-7)11-13-9(6-15-11)10(12)14/h5-7,10-12,14H,8,13H2,1-3H3,(H,24,27)(H,25,26);2-6H,1H3,(H2,12,14). The molecular formula is C33H32FN3O5S. The number of hydrogen-bond donors (Lipinski definition) is 3. The maximum Gasteiger partial charge on any atom is 0.412 e. The van der Waals surface area contributed by atoms with Crippen LogP contribution in [0.5, 0.6) is 0 Å². The van der Waals surface area contributed by atoms with Crippen molar-refractivity contribution in [2.24, 2.45) is 5.73 Å². The Morgan fingerprint density at radius 2 is 1.70 bits per heavy atom. The lowest BCUT2D eigenvalue weighted by atomic mass is 10.1. The third-order valence-corrected chi connectivity index (χ3v) is 6.48. The maximum absolute atomic E-state index is 14.1. The molecule has 0 saturated heterocycles. The molecule has 0 radical (unpaired) electrons. The van der Waals surface area contributed by atoms with Crippen molar-refractivity contribution >= 4 is 35.0 Å². The Kier molecular flexibility index (Phi) is 11.2. The average Bonchev–Trinajstić information content (AvgIpc) is 3.43. The molecule has 1 heterocycles. The second-order valence-corrected chi connectivity index (χ2v) is 11.3. The summed E-state index contributed by atoms with van der Waals surface area (Å²) in [4.78, 5) is 37.3. The van der Waals surface area contributed by atoms with Crippen LogP contribution in [0.3, 0.4) is 0 Å². The zero-order valence-corrected chi connectivity index (χ0v) is 25.0. The van der Waals surface area contributed by atoms with Gasteiger partial charge in [-0.25, -0.2) is 14.2 Å². The Bertz CT molecular complexity index is 1650. The van der Waals surface area contributed by atoms with Gasteiger partial charge in [-0.15, -0.1) is 11.3 Å². The minimum Gasteiger partial charge on any atom is -0.481 e. The van der Waals surface area contributed by atoms with Crippen molar-refractivity contribution in [3.8, 4) is 22.4 Å². The van der Waals surface area contributed by atoms with Crippen molar-refractivity contribution in [2.45, 2.75) is 46.1 Å². The fourth-order valence-corrected chi connectivity index (χ4v) is 4.30. The highest BCUT2D eigenvalue weighted by molar-refractivity contribution is 7.13.